The number of terminal acetylenes is 1. The fourth-order valence-corrected chi connectivity index (χ4v) is 2.71. The van der Waals surface area contributed by atoms with Gasteiger partial charge < -0.3 is 0 Å². The molecule has 0 saturated carbocycles. The molecule has 0 heteroatoms. The molecule has 0 aliphatic heterocycles. The van der Waals surface area contributed by atoms with Gasteiger partial charge in [-0.1, -0.05) is 70.2 Å². The van der Waals surface area contributed by atoms with Crippen molar-refractivity contribution in [3.05, 3.63) is 35.4 Å². The number of benzene rings is 1. The van der Waals surface area contributed by atoms with Crippen LogP contribution in [0.25, 0.3) is 0 Å². The lowest BCUT2D eigenvalue weighted by atomic mass is 9.92. The predicted molar refractivity (Wildman–Crippen MR) is 90.0 cm³/mol. The second-order valence-electron chi connectivity index (χ2n) is 5.77. The molecule has 1 unspecified atom stereocenters. The first kappa shape index (κ1) is 16.8. The maximum absolute atomic E-state index is 5.44. The SMILES string of the molecule is C#CCC(CC)c1ccc(CCCCCCCC)cc1. The Morgan fingerprint density at radius 2 is 1.60 bits per heavy atom. The summed E-state index contributed by atoms with van der Waals surface area (Å²) in [5, 5.41) is 0. The van der Waals surface area contributed by atoms with Gasteiger partial charge >= 0.3 is 0 Å². The van der Waals surface area contributed by atoms with Crippen molar-refractivity contribution in [1.82, 2.24) is 0 Å². The molecule has 0 fully saturated rings. The Morgan fingerprint density at radius 3 is 2.20 bits per heavy atom. The number of hydrogen-bond acceptors (Lipinski definition) is 0. The zero-order valence-electron chi connectivity index (χ0n) is 13.3. The van der Waals surface area contributed by atoms with Crippen molar-refractivity contribution in [3.63, 3.8) is 0 Å². The van der Waals surface area contributed by atoms with E-state index in [4.69, 9.17) is 6.42 Å². The Hall–Kier alpha value is -1.22. The zero-order valence-corrected chi connectivity index (χ0v) is 13.3. The lowest BCUT2D eigenvalue weighted by Gasteiger charge is -2.12. The van der Waals surface area contributed by atoms with Crippen molar-refractivity contribution in [1.29, 1.82) is 0 Å². The van der Waals surface area contributed by atoms with E-state index < -0.39 is 0 Å². The van der Waals surface area contributed by atoms with Gasteiger partial charge in [0.2, 0.25) is 0 Å². The second-order valence-corrected chi connectivity index (χ2v) is 5.77. The lowest BCUT2D eigenvalue weighted by Crippen LogP contribution is -1.96. The van der Waals surface area contributed by atoms with Crippen LogP contribution >= 0.6 is 0 Å². The molecule has 0 bridgehead atoms. The van der Waals surface area contributed by atoms with E-state index in [1.54, 1.807) is 0 Å². The summed E-state index contributed by atoms with van der Waals surface area (Å²) in [5.41, 5.74) is 2.87. The molecule has 1 rings (SSSR count). The molecule has 0 aromatic heterocycles. The molecule has 0 aliphatic rings. The van der Waals surface area contributed by atoms with Gasteiger partial charge in [-0.2, -0.15) is 0 Å². The fourth-order valence-electron chi connectivity index (χ4n) is 2.71. The van der Waals surface area contributed by atoms with Crippen LogP contribution < -0.4 is 0 Å². The van der Waals surface area contributed by atoms with Gasteiger partial charge in [0.15, 0.2) is 0 Å². The van der Waals surface area contributed by atoms with Crippen LogP contribution in [0.2, 0.25) is 0 Å². The average molecular weight is 270 g/mol. The highest BCUT2D eigenvalue weighted by molar-refractivity contribution is 5.26. The zero-order chi connectivity index (χ0) is 14.6. The molecule has 0 saturated heterocycles. The molecule has 110 valence electrons. The quantitative estimate of drug-likeness (QED) is 0.355. The summed E-state index contributed by atoms with van der Waals surface area (Å²) in [6, 6.07) is 9.14. The molecule has 0 heterocycles. The largest absolute Gasteiger partial charge is 0.120 e. The maximum Gasteiger partial charge on any atom is 0.0155 e. The standard InChI is InChI=1S/C20H30/c1-4-7-8-9-10-11-13-18-14-16-20(17-15-18)19(6-3)12-5-2/h2,14-17,19H,4,6-13H2,1,3H3. The van der Waals surface area contributed by atoms with Crippen LogP contribution in [0.15, 0.2) is 24.3 Å². The highest BCUT2D eigenvalue weighted by atomic mass is 14.1. The first-order chi connectivity index (χ1) is 9.81. The summed E-state index contributed by atoms with van der Waals surface area (Å²) in [6.07, 6.45) is 16.9. The van der Waals surface area contributed by atoms with Crippen LogP contribution in [0.5, 0.6) is 0 Å². The van der Waals surface area contributed by atoms with Crippen LogP contribution in [-0.4, -0.2) is 0 Å². The molecule has 1 aromatic rings. The molecular weight excluding hydrogens is 240 g/mol. The van der Waals surface area contributed by atoms with Gasteiger partial charge in [0.1, 0.15) is 0 Å². The first-order valence-corrected chi connectivity index (χ1v) is 8.34. The van der Waals surface area contributed by atoms with Crippen molar-refractivity contribution < 1.29 is 0 Å². The molecule has 0 nitrogen and oxygen atoms in total. The molecule has 0 aliphatic carbocycles. The second kappa shape index (κ2) is 10.6. The summed E-state index contributed by atoms with van der Waals surface area (Å²) < 4.78 is 0. The molecule has 0 N–H and O–H groups in total. The van der Waals surface area contributed by atoms with Gasteiger partial charge in [-0.25, -0.2) is 0 Å². The van der Waals surface area contributed by atoms with Gasteiger partial charge in [-0.05, 0) is 36.3 Å². The summed E-state index contributed by atoms with van der Waals surface area (Å²) in [4.78, 5) is 0. The predicted octanol–water partition coefficient (Wildman–Crippen LogP) is 6.11. The molecule has 0 spiro atoms. The summed E-state index contributed by atoms with van der Waals surface area (Å²) in [5.74, 6) is 3.32. The highest BCUT2D eigenvalue weighted by Crippen LogP contribution is 2.23. The van der Waals surface area contributed by atoms with Gasteiger partial charge in [0.05, 0.1) is 0 Å². The van der Waals surface area contributed by atoms with Gasteiger partial charge in [-0.3, -0.25) is 0 Å². The highest BCUT2D eigenvalue weighted by Gasteiger charge is 2.07. The Bertz CT molecular complexity index is 379. The van der Waals surface area contributed by atoms with Gasteiger partial charge in [0.25, 0.3) is 0 Å². The smallest absolute Gasteiger partial charge is 0.0155 e. The van der Waals surface area contributed by atoms with Gasteiger partial charge in [-0.15, -0.1) is 12.3 Å². The molecule has 1 aromatic carbocycles. The minimum Gasteiger partial charge on any atom is -0.120 e. The van der Waals surface area contributed by atoms with Crippen molar-refractivity contribution in [2.45, 2.75) is 77.6 Å². The molecular formula is C20H30. The number of rotatable bonds is 10. The van der Waals surface area contributed by atoms with E-state index in [-0.39, 0.29) is 0 Å². The van der Waals surface area contributed by atoms with E-state index in [1.165, 1.54) is 56.1 Å². The Morgan fingerprint density at radius 1 is 0.950 bits per heavy atom. The minimum atomic E-state index is 0.531. The van der Waals surface area contributed by atoms with Gasteiger partial charge in [0, 0.05) is 6.42 Å². The molecule has 20 heavy (non-hydrogen) atoms. The number of hydrogen-bond donors (Lipinski definition) is 0. The van der Waals surface area contributed by atoms with Crippen molar-refractivity contribution in [3.8, 4) is 12.3 Å². The third-order valence-electron chi connectivity index (χ3n) is 4.13. The average Bonchev–Trinajstić information content (AvgIpc) is 2.49. The van der Waals surface area contributed by atoms with Crippen LogP contribution in [0.1, 0.15) is 82.3 Å². The Labute approximate surface area is 126 Å². The monoisotopic (exact) mass is 270 g/mol. The van der Waals surface area contributed by atoms with Crippen LogP contribution in [0.4, 0.5) is 0 Å². The number of unbranched alkanes of at least 4 members (excludes halogenated alkanes) is 5. The third-order valence-corrected chi connectivity index (χ3v) is 4.13. The van der Waals surface area contributed by atoms with E-state index in [0.29, 0.717) is 5.92 Å². The van der Waals surface area contributed by atoms with Crippen molar-refractivity contribution in [2.24, 2.45) is 0 Å². The van der Waals surface area contributed by atoms with Crippen LogP contribution in [0.3, 0.4) is 0 Å². The topological polar surface area (TPSA) is 0 Å². The summed E-state index contributed by atoms with van der Waals surface area (Å²) in [6.45, 7) is 4.48. The fraction of sp³-hybridized carbons (Fsp3) is 0.600. The minimum absolute atomic E-state index is 0.531. The van der Waals surface area contributed by atoms with E-state index in [0.717, 1.165) is 12.8 Å². The maximum atomic E-state index is 5.44. The van der Waals surface area contributed by atoms with Crippen molar-refractivity contribution in [2.75, 3.05) is 0 Å². The molecule has 0 amide bonds. The van der Waals surface area contributed by atoms with E-state index in [9.17, 15) is 0 Å². The van der Waals surface area contributed by atoms with Crippen LogP contribution in [0, 0.1) is 12.3 Å². The normalized spacial score (nSPS) is 12.1. The van der Waals surface area contributed by atoms with Crippen molar-refractivity contribution >= 4 is 0 Å². The summed E-state index contributed by atoms with van der Waals surface area (Å²) >= 11 is 0. The first-order valence-electron chi connectivity index (χ1n) is 8.34. The lowest BCUT2D eigenvalue weighted by molar-refractivity contribution is 0.607. The summed E-state index contributed by atoms with van der Waals surface area (Å²) in [7, 11) is 0. The van der Waals surface area contributed by atoms with E-state index in [1.807, 2.05) is 0 Å². The molecule has 0 radical (unpaired) electrons. The van der Waals surface area contributed by atoms with E-state index in [2.05, 4.69) is 44.0 Å². The van der Waals surface area contributed by atoms with Crippen LogP contribution in [-0.2, 0) is 6.42 Å². The third kappa shape index (κ3) is 6.29. The number of aryl methyl sites for hydroxylation is 1. The Kier molecular flexibility index (Phi) is 8.88. The molecule has 1 atom stereocenters. The Balaban J connectivity index is 2.33. The van der Waals surface area contributed by atoms with E-state index >= 15 is 0 Å².